The van der Waals surface area contributed by atoms with Crippen LogP contribution < -0.4 is 10.1 Å². The molecule has 0 bridgehead atoms. The van der Waals surface area contributed by atoms with Gasteiger partial charge in [-0.3, -0.25) is 0 Å². The average Bonchev–Trinajstić information content (AvgIpc) is 2.49. The normalized spacial score (nSPS) is 12.2. The van der Waals surface area contributed by atoms with Gasteiger partial charge in [0.15, 0.2) is 0 Å². The molecule has 0 saturated heterocycles. The van der Waals surface area contributed by atoms with E-state index in [1.807, 2.05) is 24.3 Å². The Morgan fingerprint density at radius 2 is 1.70 bits per heavy atom. The summed E-state index contributed by atoms with van der Waals surface area (Å²) >= 11 is 0. The molecule has 0 heterocycles. The minimum Gasteiger partial charge on any atom is -0.497 e. The maximum atomic E-state index is 10.1. The van der Waals surface area contributed by atoms with Gasteiger partial charge in [-0.05, 0) is 30.2 Å². The highest BCUT2D eigenvalue weighted by Crippen LogP contribution is 2.17. The summed E-state index contributed by atoms with van der Waals surface area (Å²) in [6.07, 6.45) is -0.508. The third kappa shape index (κ3) is 4.08. The molecule has 2 rings (SSSR count). The van der Waals surface area contributed by atoms with Crippen LogP contribution in [0.4, 0.5) is 0 Å². The van der Waals surface area contributed by atoms with E-state index in [4.69, 9.17) is 4.74 Å². The van der Waals surface area contributed by atoms with Crippen molar-refractivity contribution >= 4 is 0 Å². The van der Waals surface area contributed by atoms with Crippen molar-refractivity contribution in [3.63, 3.8) is 0 Å². The molecule has 2 N–H and O–H groups in total. The van der Waals surface area contributed by atoms with E-state index in [1.54, 1.807) is 7.11 Å². The van der Waals surface area contributed by atoms with Gasteiger partial charge >= 0.3 is 0 Å². The third-order valence-electron chi connectivity index (χ3n) is 3.29. The van der Waals surface area contributed by atoms with E-state index in [1.165, 1.54) is 11.1 Å². The van der Waals surface area contributed by atoms with Crippen LogP contribution in [0.15, 0.2) is 48.5 Å². The van der Waals surface area contributed by atoms with Gasteiger partial charge in [0, 0.05) is 13.1 Å². The molecule has 0 aliphatic rings. The van der Waals surface area contributed by atoms with Crippen molar-refractivity contribution in [3.8, 4) is 5.75 Å². The fourth-order valence-electron chi connectivity index (χ4n) is 2.00. The number of methoxy groups -OCH3 is 1. The minimum atomic E-state index is -0.508. The molecule has 0 aliphatic carbocycles. The highest BCUT2D eigenvalue weighted by Gasteiger charge is 2.06. The van der Waals surface area contributed by atoms with Crippen molar-refractivity contribution < 1.29 is 9.84 Å². The number of aliphatic hydroxyl groups is 1. The first-order valence-corrected chi connectivity index (χ1v) is 6.77. The number of nitrogens with one attached hydrogen (secondary N) is 1. The molecule has 3 nitrogen and oxygen atoms in total. The van der Waals surface area contributed by atoms with Crippen molar-refractivity contribution in [1.29, 1.82) is 0 Å². The molecule has 0 spiro atoms. The molecule has 0 fully saturated rings. The standard InChI is InChI=1S/C17H21NO2/c1-13-3-5-14(6-4-13)11-18-12-17(19)15-7-9-16(20-2)10-8-15/h3-10,17-19H,11-12H2,1-2H3. The molecular weight excluding hydrogens is 250 g/mol. The lowest BCUT2D eigenvalue weighted by molar-refractivity contribution is 0.174. The molecule has 106 valence electrons. The van der Waals surface area contributed by atoms with E-state index < -0.39 is 6.10 Å². The summed E-state index contributed by atoms with van der Waals surface area (Å²) in [7, 11) is 1.63. The molecule has 2 aromatic rings. The summed E-state index contributed by atoms with van der Waals surface area (Å²) in [4.78, 5) is 0. The number of aliphatic hydroxyl groups excluding tert-OH is 1. The van der Waals surface area contributed by atoms with Crippen molar-refractivity contribution in [2.75, 3.05) is 13.7 Å². The molecule has 2 aromatic carbocycles. The zero-order valence-corrected chi connectivity index (χ0v) is 12.0. The highest BCUT2D eigenvalue weighted by atomic mass is 16.5. The quantitative estimate of drug-likeness (QED) is 0.849. The Bertz CT molecular complexity index is 520. The Morgan fingerprint density at radius 1 is 1.05 bits per heavy atom. The maximum Gasteiger partial charge on any atom is 0.118 e. The van der Waals surface area contributed by atoms with E-state index in [9.17, 15) is 5.11 Å². The number of hydrogen-bond acceptors (Lipinski definition) is 3. The van der Waals surface area contributed by atoms with E-state index >= 15 is 0 Å². The second kappa shape index (κ2) is 7.08. The Kier molecular flexibility index (Phi) is 5.16. The van der Waals surface area contributed by atoms with Gasteiger partial charge in [-0.1, -0.05) is 42.0 Å². The predicted molar refractivity (Wildman–Crippen MR) is 80.8 cm³/mol. The highest BCUT2D eigenvalue weighted by molar-refractivity contribution is 5.28. The number of benzene rings is 2. The molecule has 1 unspecified atom stereocenters. The first kappa shape index (κ1) is 14.6. The van der Waals surface area contributed by atoms with Crippen LogP contribution in [0.5, 0.6) is 5.75 Å². The number of ether oxygens (including phenoxy) is 1. The Morgan fingerprint density at radius 3 is 2.30 bits per heavy atom. The zero-order valence-electron chi connectivity index (χ0n) is 12.0. The predicted octanol–water partition coefficient (Wildman–Crippen LogP) is 2.83. The van der Waals surface area contributed by atoms with Crippen LogP contribution in [-0.4, -0.2) is 18.8 Å². The molecular formula is C17H21NO2. The summed E-state index contributed by atoms with van der Waals surface area (Å²) in [5.41, 5.74) is 3.37. The average molecular weight is 271 g/mol. The van der Waals surface area contributed by atoms with E-state index in [0.29, 0.717) is 6.54 Å². The van der Waals surface area contributed by atoms with Gasteiger partial charge in [0.2, 0.25) is 0 Å². The van der Waals surface area contributed by atoms with Crippen LogP contribution in [0.25, 0.3) is 0 Å². The van der Waals surface area contributed by atoms with Crippen LogP contribution in [0.1, 0.15) is 22.8 Å². The van der Waals surface area contributed by atoms with Gasteiger partial charge in [-0.25, -0.2) is 0 Å². The second-order valence-corrected chi connectivity index (χ2v) is 4.91. The van der Waals surface area contributed by atoms with E-state index in [0.717, 1.165) is 17.9 Å². The fraction of sp³-hybridized carbons (Fsp3) is 0.294. The maximum absolute atomic E-state index is 10.1. The third-order valence-corrected chi connectivity index (χ3v) is 3.29. The number of aryl methyl sites for hydroxylation is 1. The first-order chi connectivity index (χ1) is 9.69. The smallest absolute Gasteiger partial charge is 0.118 e. The fourth-order valence-corrected chi connectivity index (χ4v) is 2.00. The van der Waals surface area contributed by atoms with Gasteiger partial charge in [-0.15, -0.1) is 0 Å². The molecule has 1 atom stereocenters. The lowest BCUT2D eigenvalue weighted by atomic mass is 10.1. The summed E-state index contributed by atoms with van der Waals surface area (Å²) in [6, 6.07) is 15.9. The Hall–Kier alpha value is -1.84. The Labute approximate surface area is 120 Å². The van der Waals surface area contributed by atoms with Gasteiger partial charge in [-0.2, -0.15) is 0 Å². The molecule has 0 aromatic heterocycles. The summed E-state index contributed by atoms with van der Waals surface area (Å²) in [5.74, 6) is 0.800. The van der Waals surface area contributed by atoms with Gasteiger partial charge in [0.05, 0.1) is 13.2 Å². The van der Waals surface area contributed by atoms with Crippen LogP contribution in [0.2, 0.25) is 0 Å². The monoisotopic (exact) mass is 271 g/mol. The van der Waals surface area contributed by atoms with Crippen LogP contribution in [-0.2, 0) is 6.54 Å². The second-order valence-electron chi connectivity index (χ2n) is 4.91. The van der Waals surface area contributed by atoms with Crippen LogP contribution in [0.3, 0.4) is 0 Å². The van der Waals surface area contributed by atoms with Gasteiger partial charge in [0.25, 0.3) is 0 Å². The van der Waals surface area contributed by atoms with Gasteiger partial charge < -0.3 is 15.2 Å². The summed E-state index contributed by atoms with van der Waals surface area (Å²) in [5, 5.41) is 13.4. The van der Waals surface area contributed by atoms with Crippen molar-refractivity contribution in [1.82, 2.24) is 5.32 Å². The number of rotatable bonds is 6. The largest absolute Gasteiger partial charge is 0.497 e. The minimum absolute atomic E-state index is 0.508. The van der Waals surface area contributed by atoms with E-state index in [2.05, 4.69) is 36.5 Å². The molecule has 0 radical (unpaired) electrons. The number of hydrogen-bond donors (Lipinski definition) is 2. The first-order valence-electron chi connectivity index (χ1n) is 6.77. The lowest BCUT2D eigenvalue weighted by Gasteiger charge is -2.13. The molecule has 20 heavy (non-hydrogen) atoms. The topological polar surface area (TPSA) is 41.5 Å². The van der Waals surface area contributed by atoms with Crippen LogP contribution in [0, 0.1) is 6.92 Å². The van der Waals surface area contributed by atoms with Crippen molar-refractivity contribution in [2.24, 2.45) is 0 Å². The van der Waals surface area contributed by atoms with Crippen molar-refractivity contribution in [3.05, 3.63) is 65.2 Å². The van der Waals surface area contributed by atoms with Crippen LogP contribution >= 0.6 is 0 Å². The zero-order chi connectivity index (χ0) is 14.4. The molecule has 3 heteroatoms. The SMILES string of the molecule is COc1ccc(C(O)CNCc2ccc(C)cc2)cc1. The molecule has 0 amide bonds. The van der Waals surface area contributed by atoms with E-state index in [-0.39, 0.29) is 0 Å². The van der Waals surface area contributed by atoms with Gasteiger partial charge in [0.1, 0.15) is 5.75 Å². The summed E-state index contributed by atoms with van der Waals surface area (Å²) in [6.45, 7) is 3.36. The lowest BCUT2D eigenvalue weighted by Crippen LogP contribution is -2.21. The summed E-state index contributed by atoms with van der Waals surface area (Å²) < 4.78 is 5.10. The Balaban J connectivity index is 1.82. The van der Waals surface area contributed by atoms with Crippen molar-refractivity contribution in [2.45, 2.75) is 19.6 Å². The molecule has 0 aliphatic heterocycles. The molecule has 0 saturated carbocycles.